The van der Waals surface area contributed by atoms with E-state index in [0.29, 0.717) is 23.5 Å². The molecule has 0 aliphatic rings. The molecule has 7 heteroatoms. The molecule has 0 aliphatic heterocycles. The van der Waals surface area contributed by atoms with Crippen LogP contribution in [0.2, 0.25) is 0 Å². The van der Waals surface area contributed by atoms with Gasteiger partial charge in [-0.05, 0) is 23.6 Å². The van der Waals surface area contributed by atoms with Gasteiger partial charge in [0, 0.05) is 18.6 Å². The van der Waals surface area contributed by atoms with Gasteiger partial charge < -0.3 is 14.2 Å². The van der Waals surface area contributed by atoms with Crippen molar-refractivity contribution in [3.63, 3.8) is 0 Å². The molecule has 132 valence electrons. The Morgan fingerprint density at radius 2 is 1.88 bits per heavy atom. The zero-order chi connectivity index (χ0) is 18.2. The Balaban J connectivity index is 1.91. The molecule has 0 unspecified atom stereocenters. The summed E-state index contributed by atoms with van der Waals surface area (Å²) in [6.07, 6.45) is 0.604. The second-order valence-electron chi connectivity index (χ2n) is 5.24. The van der Waals surface area contributed by atoms with Crippen LogP contribution in [-0.2, 0) is 22.6 Å². The van der Waals surface area contributed by atoms with Gasteiger partial charge in [-0.15, -0.1) is 0 Å². The lowest BCUT2D eigenvalue weighted by Crippen LogP contribution is -2.07. The molecule has 0 fully saturated rings. The Morgan fingerprint density at radius 3 is 2.56 bits per heavy atom. The van der Waals surface area contributed by atoms with Crippen LogP contribution in [0.15, 0.2) is 42.5 Å². The Kier molecular flexibility index (Phi) is 6.33. The van der Waals surface area contributed by atoms with E-state index in [4.69, 9.17) is 14.2 Å². The second kappa shape index (κ2) is 8.68. The van der Waals surface area contributed by atoms with Gasteiger partial charge in [0.15, 0.2) is 11.5 Å². The topological polar surface area (TPSA) is 87.9 Å². The first-order chi connectivity index (χ1) is 12.0. The summed E-state index contributed by atoms with van der Waals surface area (Å²) in [5.41, 5.74) is 1.38. The quantitative estimate of drug-likeness (QED) is 0.414. The maximum atomic E-state index is 11.9. The van der Waals surface area contributed by atoms with Crippen LogP contribution in [0.4, 0.5) is 5.69 Å². The molecule has 0 saturated heterocycles. The van der Waals surface area contributed by atoms with Crippen molar-refractivity contribution in [2.45, 2.75) is 19.4 Å². The number of hydrogen-bond donors (Lipinski definition) is 0. The van der Waals surface area contributed by atoms with Crippen molar-refractivity contribution < 1.29 is 23.9 Å². The van der Waals surface area contributed by atoms with Crippen molar-refractivity contribution in [2.75, 3.05) is 14.2 Å². The molecule has 2 aromatic carbocycles. The number of nitro benzene ring substituents is 1. The third kappa shape index (κ3) is 4.94. The Hall–Kier alpha value is -3.09. The van der Waals surface area contributed by atoms with Crippen molar-refractivity contribution in [3.05, 3.63) is 63.7 Å². The van der Waals surface area contributed by atoms with Crippen LogP contribution in [0.5, 0.6) is 11.5 Å². The summed E-state index contributed by atoms with van der Waals surface area (Å²) in [5.74, 6) is 0.804. The molecular formula is C18H19NO6. The molecule has 0 heterocycles. The fraction of sp³-hybridized carbons (Fsp3) is 0.278. The first-order valence-electron chi connectivity index (χ1n) is 7.64. The van der Waals surface area contributed by atoms with Crippen molar-refractivity contribution >= 4 is 11.7 Å². The highest BCUT2D eigenvalue weighted by Crippen LogP contribution is 2.31. The van der Waals surface area contributed by atoms with Gasteiger partial charge in [0.1, 0.15) is 6.61 Å². The van der Waals surface area contributed by atoms with Gasteiger partial charge >= 0.3 is 5.97 Å². The fourth-order valence-electron chi connectivity index (χ4n) is 2.38. The monoisotopic (exact) mass is 345 g/mol. The SMILES string of the molecule is COc1cccc(CCC(=O)OCc2cccc([N+](=O)[O-])c2)c1OC. The minimum Gasteiger partial charge on any atom is -0.493 e. The molecule has 0 spiro atoms. The van der Waals surface area contributed by atoms with Gasteiger partial charge in [-0.2, -0.15) is 0 Å². The predicted octanol–water partition coefficient (Wildman–Crippen LogP) is 3.29. The third-order valence-corrected chi connectivity index (χ3v) is 3.60. The number of ether oxygens (including phenoxy) is 3. The minimum absolute atomic E-state index is 0.00421. The normalized spacial score (nSPS) is 10.2. The number of methoxy groups -OCH3 is 2. The van der Waals surface area contributed by atoms with Crippen LogP contribution in [-0.4, -0.2) is 25.1 Å². The number of rotatable bonds is 8. The maximum absolute atomic E-state index is 11.9. The first kappa shape index (κ1) is 18.3. The van der Waals surface area contributed by atoms with Gasteiger partial charge in [-0.25, -0.2) is 0 Å². The number of carbonyl (C=O) groups is 1. The summed E-state index contributed by atoms with van der Waals surface area (Å²) < 4.78 is 15.7. The smallest absolute Gasteiger partial charge is 0.306 e. The lowest BCUT2D eigenvalue weighted by molar-refractivity contribution is -0.384. The largest absolute Gasteiger partial charge is 0.493 e. The van der Waals surface area contributed by atoms with E-state index in [0.717, 1.165) is 5.56 Å². The first-order valence-corrected chi connectivity index (χ1v) is 7.64. The summed E-state index contributed by atoms with van der Waals surface area (Å²) in [6, 6.07) is 11.5. The van der Waals surface area contributed by atoms with Crippen LogP contribution in [0.25, 0.3) is 0 Å². The Morgan fingerprint density at radius 1 is 1.12 bits per heavy atom. The van der Waals surface area contributed by atoms with Crippen LogP contribution < -0.4 is 9.47 Å². The average Bonchev–Trinajstić information content (AvgIpc) is 2.64. The zero-order valence-corrected chi connectivity index (χ0v) is 14.1. The predicted molar refractivity (Wildman–Crippen MR) is 90.8 cm³/mol. The highest BCUT2D eigenvalue weighted by Gasteiger charge is 2.12. The summed E-state index contributed by atoms with van der Waals surface area (Å²) in [4.78, 5) is 22.2. The van der Waals surface area contributed by atoms with Gasteiger partial charge in [-0.1, -0.05) is 24.3 Å². The lowest BCUT2D eigenvalue weighted by atomic mass is 10.1. The highest BCUT2D eigenvalue weighted by molar-refractivity contribution is 5.70. The Bertz CT molecular complexity index is 759. The summed E-state index contributed by atoms with van der Waals surface area (Å²) in [6.45, 7) is -0.00421. The van der Waals surface area contributed by atoms with E-state index in [2.05, 4.69) is 0 Å². The van der Waals surface area contributed by atoms with E-state index in [1.807, 2.05) is 12.1 Å². The van der Waals surface area contributed by atoms with Gasteiger partial charge in [0.05, 0.1) is 19.1 Å². The highest BCUT2D eigenvalue weighted by atomic mass is 16.6. The van der Waals surface area contributed by atoms with Gasteiger partial charge in [-0.3, -0.25) is 14.9 Å². The standard InChI is InChI=1S/C18H19NO6/c1-23-16-8-4-6-14(18(16)24-2)9-10-17(20)25-12-13-5-3-7-15(11-13)19(21)22/h3-8,11H,9-10,12H2,1-2H3. The average molecular weight is 345 g/mol. The molecule has 7 nitrogen and oxygen atoms in total. The fourth-order valence-corrected chi connectivity index (χ4v) is 2.38. The number of non-ortho nitro benzene ring substituents is 1. The zero-order valence-electron chi connectivity index (χ0n) is 14.1. The van der Waals surface area contributed by atoms with E-state index in [9.17, 15) is 14.9 Å². The van der Waals surface area contributed by atoms with Crippen LogP contribution in [0.3, 0.4) is 0 Å². The van der Waals surface area contributed by atoms with E-state index in [1.165, 1.54) is 12.1 Å². The summed E-state index contributed by atoms with van der Waals surface area (Å²) in [7, 11) is 3.09. The number of esters is 1. The van der Waals surface area contributed by atoms with E-state index < -0.39 is 10.9 Å². The molecule has 0 aromatic heterocycles. The van der Waals surface area contributed by atoms with E-state index in [-0.39, 0.29) is 18.7 Å². The maximum Gasteiger partial charge on any atom is 0.306 e. The molecule has 0 saturated carbocycles. The minimum atomic E-state index is -0.486. The van der Waals surface area contributed by atoms with Crippen molar-refractivity contribution in [1.29, 1.82) is 0 Å². The number of aryl methyl sites for hydroxylation is 1. The number of para-hydroxylation sites is 1. The van der Waals surface area contributed by atoms with Crippen molar-refractivity contribution in [1.82, 2.24) is 0 Å². The lowest BCUT2D eigenvalue weighted by Gasteiger charge is -2.12. The van der Waals surface area contributed by atoms with Crippen LogP contribution >= 0.6 is 0 Å². The molecule has 0 atom stereocenters. The number of benzene rings is 2. The van der Waals surface area contributed by atoms with Gasteiger partial charge in [0.2, 0.25) is 0 Å². The molecule has 2 aromatic rings. The number of hydrogen-bond acceptors (Lipinski definition) is 6. The molecule has 0 aliphatic carbocycles. The number of nitro groups is 1. The van der Waals surface area contributed by atoms with E-state index in [1.54, 1.807) is 32.4 Å². The molecular weight excluding hydrogens is 326 g/mol. The van der Waals surface area contributed by atoms with Crippen molar-refractivity contribution in [3.8, 4) is 11.5 Å². The van der Waals surface area contributed by atoms with Crippen LogP contribution in [0, 0.1) is 10.1 Å². The van der Waals surface area contributed by atoms with E-state index >= 15 is 0 Å². The molecule has 2 rings (SSSR count). The van der Waals surface area contributed by atoms with Crippen LogP contribution in [0.1, 0.15) is 17.5 Å². The Labute approximate surface area is 145 Å². The molecule has 25 heavy (non-hydrogen) atoms. The summed E-state index contributed by atoms with van der Waals surface area (Å²) in [5, 5.41) is 10.7. The molecule has 0 bridgehead atoms. The number of nitrogens with zero attached hydrogens (tertiary/aromatic N) is 1. The molecule has 0 radical (unpaired) electrons. The van der Waals surface area contributed by atoms with Gasteiger partial charge in [0.25, 0.3) is 5.69 Å². The molecule has 0 N–H and O–H groups in total. The molecule has 0 amide bonds. The second-order valence-corrected chi connectivity index (χ2v) is 5.24. The third-order valence-electron chi connectivity index (χ3n) is 3.60. The van der Waals surface area contributed by atoms with Crippen molar-refractivity contribution in [2.24, 2.45) is 0 Å². The summed E-state index contributed by atoms with van der Waals surface area (Å²) >= 11 is 0. The number of carbonyl (C=O) groups excluding carboxylic acids is 1.